The Bertz CT molecular complexity index is 3100. The summed E-state index contributed by atoms with van der Waals surface area (Å²) in [6.07, 6.45) is 8.28. The summed E-state index contributed by atoms with van der Waals surface area (Å²) in [7, 11) is 0. The van der Waals surface area contributed by atoms with Crippen LogP contribution in [0.4, 0.5) is 22.7 Å². The molecule has 0 spiro atoms. The fourth-order valence-electron chi connectivity index (χ4n) is 12.7. The molecule has 300 valence electrons. The number of furan rings is 1. The molecule has 12 rings (SSSR count). The molecule has 3 nitrogen and oxygen atoms in total. The van der Waals surface area contributed by atoms with Crippen LogP contribution in [0.2, 0.25) is 0 Å². The fourth-order valence-corrected chi connectivity index (χ4v) is 12.7. The van der Waals surface area contributed by atoms with Crippen molar-refractivity contribution in [3.05, 3.63) is 155 Å². The molecule has 4 heteroatoms. The van der Waals surface area contributed by atoms with Crippen LogP contribution >= 0.6 is 0 Å². The summed E-state index contributed by atoms with van der Waals surface area (Å²) in [5.41, 5.74) is 24.3. The number of nitrogens with zero attached hydrogens (tertiary/aromatic N) is 2. The Kier molecular flexibility index (Phi) is 8.00. The van der Waals surface area contributed by atoms with Gasteiger partial charge < -0.3 is 14.1 Å². The Balaban J connectivity index is 1.26. The molecule has 7 aromatic carbocycles. The van der Waals surface area contributed by atoms with Crippen LogP contribution in [0.15, 0.2) is 132 Å². The number of benzene rings is 7. The van der Waals surface area contributed by atoms with Gasteiger partial charge in [0.05, 0.1) is 11.4 Å². The summed E-state index contributed by atoms with van der Waals surface area (Å²) in [6, 6.07) is 48.9. The number of fused-ring (bicyclic) bond motifs is 11. The lowest BCUT2D eigenvalue weighted by Crippen LogP contribution is -2.70. The average molecular weight is 793 g/mol. The van der Waals surface area contributed by atoms with Crippen molar-refractivity contribution in [2.75, 3.05) is 9.71 Å². The first-order valence-electron chi connectivity index (χ1n) is 22.8. The van der Waals surface area contributed by atoms with Gasteiger partial charge in [-0.25, -0.2) is 0 Å². The highest BCUT2D eigenvalue weighted by molar-refractivity contribution is 6.93. The van der Waals surface area contributed by atoms with Crippen molar-refractivity contribution in [3.63, 3.8) is 0 Å². The van der Waals surface area contributed by atoms with E-state index in [0.29, 0.717) is 0 Å². The average Bonchev–Trinajstić information content (AvgIpc) is 3.75. The van der Waals surface area contributed by atoms with E-state index in [1.807, 2.05) is 0 Å². The Morgan fingerprint density at radius 1 is 0.656 bits per heavy atom. The lowest BCUT2D eigenvalue weighted by atomic mass is 9.42. The van der Waals surface area contributed by atoms with Crippen molar-refractivity contribution in [3.8, 4) is 33.4 Å². The topological polar surface area (TPSA) is 19.6 Å². The van der Waals surface area contributed by atoms with Crippen molar-refractivity contribution in [2.24, 2.45) is 0 Å². The molecule has 3 aliphatic heterocycles. The van der Waals surface area contributed by atoms with Crippen molar-refractivity contribution in [1.82, 2.24) is 0 Å². The molecule has 2 atom stereocenters. The van der Waals surface area contributed by atoms with E-state index in [9.17, 15) is 0 Å². The van der Waals surface area contributed by atoms with E-state index in [1.54, 1.807) is 0 Å². The second-order valence-corrected chi connectivity index (χ2v) is 19.2. The van der Waals surface area contributed by atoms with Crippen LogP contribution in [-0.4, -0.2) is 12.4 Å². The van der Waals surface area contributed by atoms with Gasteiger partial charge in [0.25, 0.3) is 0 Å². The third kappa shape index (κ3) is 4.99. The van der Waals surface area contributed by atoms with Gasteiger partial charge in [0.15, 0.2) is 5.58 Å². The lowest BCUT2D eigenvalue weighted by Gasteiger charge is -2.55. The Morgan fingerprint density at radius 2 is 1.44 bits per heavy atom. The predicted molar refractivity (Wildman–Crippen MR) is 259 cm³/mol. The molecule has 8 aromatic rings. The maximum absolute atomic E-state index is 7.19. The van der Waals surface area contributed by atoms with Crippen LogP contribution in [-0.2, 0) is 11.8 Å². The maximum atomic E-state index is 7.19. The highest BCUT2D eigenvalue weighted by Gasteiger charge is 2.63. The van der Waals surface area contributed by atoms with E-state index in [-0.39, 0.29) is 17.8 Å². The van der Waals surface area contributed by atoms with Crippen LogP contribution in [0.1, 0.15) is 87.1 Å². The number of unbranched alkanes of at least 4 members (excludes halogenated alkanes) is 1. The summed E-state index contributed by atoms with van der Waals surface area (Å²) < 4.78 is 7.19. The number of anilines is 4. The van der Waals surface area contributed by atoms with Crippen molar-refractivity contribution in [1.29, 1.82) is 0 Å². The first-order valence-corrected chi connectivity index (χ1v) is 22.8. The monoisotopic (exact) mass is 792 g/mol. The number of hydrogen-bond donors (Lipinski definition) is 0. The molecule has 1 aliphatic carbocycles. The zero-order valence-corrected chi connectivity index (χ0v) is 36.5. The van der Waals surface area contributed by atoms with E-state index in [4.69, 9.17) is 4.42 Å². The van der Waals surface area contributed by atoms with Gasteiger partial charge in [0.2, 0.25) is 0 Å². The van der Waals surface area contributed by atoms with Gasteiger partial charge in [-0.3, -0.25) is 0 Å². The second kappa shape index (κ2) is 13.3. The van der Waals surface area contributed by atoms with Gasteiger partial charge in [0.1, 0.15) is 5.58 Å². The summed E-state index contributed by atoms with van der Waals surface area (Å²) in [5.74, 6) is 0. The van der Waals surface area contributed by atoms with Crippen LogP contribution in [0.5, 0.6) is 0 Å². The predicted octanol–water partition coefficient (Wildman–Crippen LogP) is 14.2. The van der Waals surface area contributed by atoms with Crippen LogP contribution in [0.25, 0.3) is 55.3 Å². The normalized spacial score (nSPS) is 19.6. The van der Waals surface area contributed by atoms with E-state index >= 15 is 0 Å². The molecule has 1 fully saturated rings. The molecule has 0 bridgehead atoms. The zero-order valence-electron chi connectivity index (χ0n) is 36.5. The minimum absolute atomic E-state index is 0.00528. The Labute approximate surface area is 361 Å². The van der Waals surface area contributed by atoms with E-state index in [2.05, 4.69) is 179 Å². The van der Waals surface area contributed by atoms with Gasteiger partial charge >= 0.3 is 6.85 Å². The Hall–Kier alpha value is -6.00. The van der Waals surface area contributed by atoms with Gasteiger partial charge in [-0.1, -0.05) is 136 Å². The van der Waals surface area contributed by atoms with Crippen molar-refractivity contribution >= 4 is 62.5 Å². The largest absolute Gasteiger partial charge is 0.454 e. The summed E-state index contributed by atoms with van der Waals surface area (Å²) >= 11 is 0. The standard InChI is InChI=1S/C57H53BN2O/c1-7-8-17-38-24-27-48(44(32-38)39-18-10-9-11-19-39)59-49-34-40(51-36(3)30-35(2)31-37(51)4)33-45-42-21-16-22-46-53(42)60(57(6)29-15-14-28-56(46,57)5)58(52(45)49)47-26-25-43-41-20-12-13-23-50(41)61-55(43)54(47)59/h9-13,16,18-27,30-34H,7-8,14-15,17,28-29H2,1-6H3. The quantitative estimate of drug-likeness (QED) is 0.156. The van der Waals surface area contributed by atoms with Crippen LogP contribution < -0.4 is 20.6 Å². The molecular formula is C57H53BN2O. The molecule has 0 amide bonds. The van der Waals surface area contributed by atoms with Crippen LogP contribution in [0, 0.1) is 20.8 Å². The van der Waals surface area contributed by atoms with E-state index in [1.165, 1.54) is 133 Å². The van der Waals surface area contributed by atoms with Crippen molar-refractivity contribution < 1.29 is 4.42 Å². The minimum Gasteiger partial charge on any atom is -0.454 e. The van der Waals surface area contributed by atoms with Crippen molar-refractivity contribution in [2.45, 2.75) is 97.4 Å². The van der Waals surface area contributed by atoms with Gasteiger partial charge in [-0.05, 0) is 139 Å². The lowest BCUT2D eigenvalue weighted by molar-refractivity contribution is 0.199. The highest BCUT2D eigenvalue weighted by atomic mass is 16.3. The molecule has 61 heavy (non-hydrogen) atoms. The molecular weight excluding hydrogens is 739 g/mol. The summed E-state index contributed by atoms with van der Waals surface area (Å²) in [5, 5.41) is 2.33. The van der Waals surface area contributed by atoms with E-state index < -0.39 is 0 Å². The zero-order chi connectivity index (χ0) is 41.4. The highest BCUT2D eigenvalue weighted by Crippen LogP contribution is 2.63. The van der Waals surface area contributed by atoms with Crippen LogP contribution in [0.3, 0.4) is 0 Å². The van der Waals surface area contributed by atoms with Gasteiger partial charge in [0, 0.05) is 44.2 Å². The third-order valence-electron chi connectivity index (χ3n) is 15.6. The molecule has 4 aliphatic rings. The Morgan fingerprint density at radius 3 is 2.26 bits per heavy atom. The molecule has 0 saturated heterocycles. The smallest absolute Gasteiger partial charge is 0.329 e. The van der Waals surface area contributed by atoms with Gasteiger partial charge in [-0.15, -0.1) is 0 Å². The second-order valence-electron chi connectivity index (χ2n) is 19.2. The molecule has 1 aromatic heterocycles. The minimum atomic E-state index is -0.0650. The summed E-state index contributed by atoms with van der Waals surface area (Å²) in [4.78, 5) is 5.57. The molecule has 4 heterocycles. The van der Waals surface area contributed by atoms with E-state index in [0.717, 1.165) is 28.4 Å². The summed E-state index contributed by atoms with van der Waals surface area (Å²) in [6.45, 7) is 14.3. The number of aryl methyl sites for hydroxylation is 4. The fraction of sp³-hybridized carbons (Fsp3) is 0.263. The molecule has 1 saturated carbocycles. The first-order chi connectivity index (χ1) is 29.7. The maximum Gasteiger partial charge on any atom is 0.329 e. The molecule has 0 N–H and O–H groups in total. The number of para-hydroxylation sites is 2. The number of hydrogen-bond acceptors (Lipinski definition) is 3. The third-order valence-corrected chi connectivity index (χ3v) is 15.6. The molecule has 0 radical (unpaired) electrons. The van der Waals surface area contributed by atoms with Gasteiger partial charge in [-0.2, -0.15) is 0 Å². The SMILES string of the molecule is CCCCc1ccc(N2c3cc(-c4c(C)cc(C)cc4C)cc4c3B(c3ccc5c(oc6ccccc65)c32)N2c3c-4cccc3C3(C)CCCCC23C)c(-c2ccccc2)c1. The first kappa shape index (κ1) is 36.8. The number of rotatable bonds is 6. The molecule has 2 unspecified atom stereocenters.